The zero-order chi connectivity index (χ0) is 25.7. The molecule has 6 rings (SSSR count). The molecule has 3 amide bonds. The number of fused-ring (bicyclic) bond motifs is 1. The third-order valence-electron chi connectivity index (χ3n) is 9.56. The second-order valence-electron chi connectivity index (χ2n) is 12.0. The second-order valence-corrected chi connectivity index (χ2v) is 12.0. The van der Waals surface area contributed by atoms with Crippen LogP contribution in [0.4, 0.5) is 5.69 Å². The number of hydrogen-bond acceptors (Lipinski definition) is 4. The number of rotatable bonds is 5. The van der Waals surface area contributed by atoms with Gasteiger partial charge in [-0.2, -0.15) is 0 Å². The van der Waals surface area contributed by atoms with E-state index in [1.165, 1.54) is 6.42 Å². The summed E-state index contributed by atoms with van der Waals surface area (Å²) < 4.78 is 6.53. The maximum Gasteiger partial charge on any atom is 0.246 e. The number of carbonyl (C=O) groups excluding carboxylic acids is 3. The van der Waals surface area contributed by atoms with Crippen LogP contribution in [0.5, 0.6) is 0 Å². The van der Waals surface area contributed by atoms with Crippen molar-refractivity contribution in [3.05, 3.63) is 42.0 Å². The van der Waals surface area contributed by atoms with E-state index in [1.807, 2.05) is 48.2 Å². The van der Waals surface area contributed by atoms with E-state index in [9.17, 15) is 14.4 Å². The van der Waals surface area contributed by atoms with Crippen molar-refractivity contribution >= 4 is 23.4 Å². The molecule has 37 heavy (non-hydrogen) atoms. The highest BCUT2D eigenvalue weighted by molar-refractivity contribution is 6.03. The van der Waals surface area contributed by atoms with Gasteiger partial charge in [-0.25, -0.2) is 0 Å². The zero-order valence-corrected chi connectivity index (χ0v) is 21.9. The summed E-state index contributed by atoms with van der Waals surface area (Å²) >= 11 is 0. The monoisotopic (exact) mass is 505 g/mol. The number of amides is 3. The summed E-state index contributed by atoms with van der Waals surface area (Å²) in [4.78, 5) is 43.8. The van der Waals surface area contributed by atoms with Gasteiger partial charge in [0.15, 0.2) is 0 Å². The van der Waals surface area contributed by atoms with Crippen molar-refractivity contribution in [1.82, 2.24) is 10.2 Å². The van der Waals surface area contributed by atoms with Gasteiger partial charge in [0.05, 0.1) is 17.9 Å². The molecule has 3 heterocycles. The van der Waals surface area contributed by atoms with Gasteiger partial charge in [0.25, 0.3) is 0 Å². The van der Waals surface area contributed by atoms with E-state index < -0.39 is 29.6 Å². The van der Waals surface area contributed by atoms with Crippen LogP contribution in [0.25, 0.3) is 0 Å². The number of ether oxygens (including phenoxy) is 1. The lowest BCUT2D eigenvalue weighted by atomic mass is 9.74. The van der Waals surface area contributed by atoms with Crippen LogP contribution in [0.1, 0.15) is 70.3 Å². The molecule has 198 valence electrons. The fraction of sp³-hybridized carbons (Fsp3) is 0.633. The Morgan fingerprint density at radius 1 is 0.973 bits per heavy atom. The van der Waals surface area contributed by atoms with Crippen LogP contribution < -0.4 is 10.6 Å². The summed E-state index contributed by atoms with van der Waals surface area (Å²) in [7, 11) is 0. The highest BCUT2D eigenvalue weighted by Gasteiger charge is 2.73. The minimum absolute atomic E-state index is 0.0137. The Morgan fingerprint density at radius 2 is 1.68 bits per heavy atom. The van der Waals surface area contributed by atoms with Crippen molar-refractivity contribution in [1.29, 1.82) is 0 Å². The quantitative estimate of drug-likeness (QED) is 0.590. The van der Waals surface area contributed by atoms with E-state index in [-0.39, 0.29) is 29.8 Å². The van der Waals surface area contributed by atoms with Gasteiger partial charge in [-0.05, 0) is 50.7 Å². The Balaban J connectivity index is 1.33. The molecular weight excluding hydrogens is 466 g/mol. The van der Waals surface area contributed by atoms with Crippen LogP contribution in [-0.2, 0) is 19.1 Å². The van der Waals surface area contributed by atoms with Crippen molar-refractivity contribution in [2.24, 2.45) is 17.8 Å². The molecule has 4 fully saturated rings. The van der Waals surface area contributed by atoms with Gasteiger partial charge in [0, 0.05) is 17.8 Å². The number of aryl methyl sites for hydroxylation is 1. The normalized spacial score (nSPS) is 37.0. The lowest BCUT2D eigenvalue weighted by molar-refractivity contribution is -0.146. The van der Waals surface area contributed by atoms with Crippen LogP contribution in [0, 0.1) is 24.7 Å². The molecule has 5 unspecified atom stereocenters. The van der Waals surface area contributed by atoms with E-state index in [0.29, 0.717) is 11.6 Å². The number of carbonyl (C=O) groups is 3. The lowest BCUT2D eigenvalue weighted by Crippen LogP contribution is -2.59. The first-order chi connectivity index (χ1) is 17.9. The summed E-state index contributed by atoms with van der Waals surface area (Å²) in [5.74, 6) is -1.48. The minimum Gasteiger partial charge on any atom is -0.359 e. The number of anilines is 1. The summed E-state index contributed by atoms with van der Waals surface area (Å²) in [6.45, 7) is 4.19. The van der Waals surface area contributed by atoms with Crippen LogP contribution in [0.2, 0.25) is 0 Å². The largest absolute Gasteiger partial charge is 0.359 e. The molecule has 7 heteroatoms. The SMILES string of the molecule is Cc1ccc(NC(=O)C2[C@H]3C=CC4(O3)C(C(=O)NC3CCCCC3)N(C3CCCCC3C)C(=O)[C@@H]24)cc1. The molecule has 1 spiro atoms. The Kier molecular flexibility index (Phi) is 6.38. The maximum absolute atomic E-state index is 14.3. The first-order valence-corrected chi connectivity index (χ1v) is 14.3. The number of nitrogens with zero attached hydrogens (tertiary/aromatic N) is 1. The summed E-state index contributed by atoms with van der Waals surface area (Å²) in [5, 5.41) is 6.31. The van der Waals surface area contributed by atoms with Crippen LogP contribution in [0.3, 0.4) is 0 Å². The fourth-order valence-corrected chi connectivity index (χ4v) is 7.66. The van der Waals surface area contributed by atoms with E-state index in [2.05, 4.69) is 17.6 Å². The van der Waals surface area contributed by atoms with Crippen molar-refractivity contribution in [2.45, 2.75) is 101 Å². The van der Waals surface area contributed by atoms with E-state index in [0.717, 1.165) is 56.9 Å². The van der Waals surface area contributed by atoms with Gasteiger partial charge < -0.3 is 20.3 Å². The summed E-state index contributed by atoms with van der Waals surface area (Å²) in [5.41, 5.74) is 0.719. The summed E-state index contributed by atoms with van der Waals surface area (Å²) in [6.07, 6.45) is 12.8. The van der Waals surface area contributed by atoms with E-state index in [1.54, 1.807) is 0 Å². The molecule has 1 aromatic rings. The molecular formula is C30H39N3O4. The minimum atomic E-state index is -1.09. The number of hydrogen-bond donors (Lipinski definition) is 2. The molecule has 7 nitrogen and oxygen atoms in total. The molecule has 1 aromatic carbocycles. The van der Waals surface area contributed by atoms with Crippen molar-refractivity contribution in [2.75, 3.05) is 5.32 Å². The molecule has 2 bridgehead atoms. The molecule has 2 aliphatic carbocycles. The molecule has 7 atom stereocenters. The average molecular weight is 506 g/mol. The van der Waals surface area contributed by atoms with Gasteiger partial charge in [-0.3, -0.25) is 14.4 Å². The third-order valence-corrected chi connectivity index (χ3v) is 9.56. The summed E-state index contributed by atoms with van der Waals surface area (Å²) in [6, 6.07) is 7.04. The van der Waals surface area contributed by atoms with E-state index >= 15 is 0 Å². The van der Waals surface area contributed by atoms with Gasteiger partial charge in [-0.1, -0.05) is 68.9 Å². The molecule has 2 saturated heterocycles. The van der Waals surface area contributed by atoms with E-state index in [4.69, 9.17) is 4.74 Å². The van der Waals surface area contributed by atoms with Gasteiger partial charge in [-0.15, -0.1) is 0 Å². The van der Waals surface area contributed by atoms with Crippen molar-refractivity contribution in [3.63, 3.8) is 0 Å². The first-order valence-electron chi connectivity index (χ1n) is 14.3. The topological polar surface area (TPSA) is 87.7 Å². The average Bonchev–Trinajstić information content (AvgIpc) is 3.54. The van der Waals surface area contributed by atoms with Gasteiger partial charge in [0.2, 0.25) is 17.7 Å². The molecule has 0 aromatic heterocycles. The maximum atomic E-state index is 14.3. The van der Waals surface area contributed by atoms with Crippen molar-refractivity contribution < 1.29 is 19.1 Å². The van der Waals surface area contributed by atoms with Gasteiger partial charge in [0.1, 0.15) is 11.6 Å². The zero-order valence-electron chi connectivity index (χ0n) is 21.9. The number of nitrogens with one attached hydrogen (secondary N) is 2. The lowest BCUT2D eigenvalue weighted by Gasteiger charge is -2.42. The predicted molar refractivity (Wildman–Crippen MR) is 141 cm³/mol. The van der Waals surface area contributed by atoms with Crippen LogP contribution in [0.15, 0.2) is 36.4 Å². The van der Waals surface area contributed by atoms with Crippen LogP contribution >= 0.6 is 0 Å². The highest BCUT2D eigenvalue weighted by Crippen LogP contribution is 2.56. The molecule has 0 radical (unpaired) electrons. The molecule has 3 aliphatic heterocycles. The van der Waals surface area contributed by atoms with Crippen molar-refractivity contribution in [3.8, 4) is 0 Å². The predicted octanol–water partition coefficient (Wildman–Crippen LogP) is 4.11. The third kappa shape index (κ3) is 4.10. The molecule has 2 N–H and O–H groups in total. The first kappa shape index (κ1) is 24.7. The smallest absolute Gasteiger partial charge is 0.246 e. The second kappa shape index (κ2) is 9.57. The standard InChI is InChI=1S/C30H39N3O4/c1-18-12-14-21(15-13-18)31-27(34)24-23-16-17-30(37-23)25(24)29(36)33(22-11-7-6-8-19(22)2)26(30)28(35)32-20-9-4-3-5-10-20/h12-17,19-20,22-26H,3-11H2,1-2H3,(H,31,34)(H,32,35)/t19?,22?,23-,24?,25-,26?,30?/m1/s1. The van der Waals surface area contributed by atoms with Crippen LogP contribution in [-0.4, -0.2) is 52.5 Å². The van der Waals surface area contributed by atoms with Gasteiger partial charge >= 0.3 is 0 Å². The highest BCUT2D eigenvalue weighted by atomic mass is 16.5. The number of benzene rings is 1. The molecule has 5 aliphatic rings. The Hall–Kier alpha value is -2.67. The fourth-order valence-electron chi connectivity index (χ4n) is 7.66. The number of likely N-dealkylation sites (tertiary alicyclic amines) is 1. The molecule has 2 saturated carbocycles. The Bertz CT molecular complexity index is 1090. The Morgan fingerprint density at radius 3 is 2.41 bits per heavy atom. The Labute approximate surface area is 219 Å².